The molecule has 1 N–H and O–H groups in total. The molecule has 0 aliphatic rings. The van der Waals surface area contributed by atoms with Gasteiger partial charge in [-0.1, -0.05) is 50.6 Å². The van der Waals surface area contributed by atoms with Crippen molar-refractivity contribution in [3.63, 3.8) is 0 Å². The molecule has 1 amide bonds. The van der Waals surface area contributed by atoms with Crippen LogP contribution in [-0.4, -0.2) is 12.5 Å². The van der Waals surface area contributed by atoms with Crippen LogP contribution in [0.5, 0.6) is 5.75 Å². The maximum absolute atomic E-state index is 12.2. The highest BCUT2D eigenvalue weighted by molar-refractivity contribution is 5.92. The molecule has 0 aliphatic heterocycles. The van der Waals surface area contributed by atoms with E-state index in [1.165, 1.54) is 5.56 Å². The first-order chi connectivity index (χ1) is 11.2. The number of carbonyl (C=O) groups excluding carboxylic acids is 1. The van der Waals surface area contributed by atoms with Crippen LogP contribution < -0.4 is 10.1 Å². The molecule has 0 spiro atoms. The number of aryl methyl sites for hydroxylation is 2. The zero-order valence-electron chi connectivity index (χ0n) is 15.5. The highest BCUT2D eigenvalue weighted by Gasteiger charge is 2.19. The largest absolute Gasteiger partial charge is 0.483 e. The van der Waals surface area contributed by atoms with Gasteiger partial charge in [0.1, 0.15) is 5.75 Å². The molecule has 0 radical (unpaired) electrons. The Balaban J connectivity index is 2.08. The molecule has 0 saturated carbocycles. The van der Waals surface area contributed by atoms with Gasteiger partial charge in [0.25, 0.3) is 5.91 Å². The summed E-state index contributed by atoms with van der Waals surface area (Å²) in [7, 11) is 0. The van der Waals surface area contributed by atoms with E-state index in [-0.39, 0.29) is 17.9 Å². The summed E-state index contributed by atoms with van der Waals surface area (Å²) >= 11 is 0. The fourth-order valence-electron chi connectivity index (χ4n) is 2.57. The summed E-state index contributed by atoms with van der Waals surface area (Å²) < 4.78 is 5.81. The van der Waals surface area contributed by atoms with Crippen LogP contribution in [0.4, 0.5) is 5.69 Å². The SMILES string of the molecule is Cc1ccc(OCC(=O)Nc2cccc(C)c2C)c(C(C)(C)C)c1. The van der Waals surface area contributed by atoms with E-state index in [1.54, 1.807) is 0 Å². The van der Waals surface area contributed by atoms with E-state index in [0.717, 1.165) is 28.1 Å². The Kier molecular flexibility index (Phi) is 5.33. The van der Waals surface area contributed by atoms with E-state index in [0.29, 0.717) is 0 Å². The second-order valence-electron chi connectivity index (χ2n) is 7.33. The molecule has 0 atom stereocenters. The number of amides is 1. The number of carbonyl (C=O) groups is 1. The van der Waals surface area contributed by atoms with Crippen molar-refractivity contribution in [1.82, 2.24) is 0 Å². The minimum absolute atomic E-state index is 0.000473. The molecule has 0 unspecified atom stereocenters. The molecule has 2 aromatic rings. The van der Waals surface area contributed by atoms with Crippen molar-refractivity contribution in [2.75, 3.05) is 11.9 Å². The molecule has 3 nitrogen and oxygen atoms in total. The van der Waals surface area contributed by atoms with Gasteiger partial charge in [0.2, 0.25) is 0 Å². The van der Waals surface area contributed by atoms with Gasteiger partial charge in [-0.15, -0.1) is 0 Å². The van der Waals surface area contributed by atoms with E-state index < -0.39 is 0 Å². The summed E-state index contributed by atoms with van der Waals surface area (Å²) in [4.78, 5) is 12.2. The predicted octanol–water partition coefficient (Wildman–Crippen LogP) is 4.93. The minimum Gasteiger partial charge on any atom is -0.483 e. The third-order valence-electron chi connectivity index (χ3n) is 4.18. The van der Waals surface area contributed by atoms with E-state index in [4.69, 9.17) is 4.74 Å². The topological polar surface area (TPSA) is 38.3 Å². The molecule has 128 valence electrons. The number of hydrogen-bond donors (Lipinski definition) is 1. The Bertz CT molecular complexity index is 742. The lowest BCUT2D eigenvalue weighted by molar-refractivity contribution is -0.118. The van der Waals surface area contributed by atoms with Crippen molar-refractivity contribution in [3.05, 3.63) is 58.7 Å². The Labute approximate surface area is 145 Å². The van der Waals surface area contributed by atoms with Crippen molar-refractivity contribution in [2.45, 2.75) is 47.0 Å². The fraction of sp³-hybridized carbons (Fsp3) is 0.381. The summed E-state index contributed by atoms with van der Waals surface area (Å²) in [6.45, 7) is 12.5. The molecule has 0 aromatic heterocycles. The maximum Gasteiger partial charge on any atom is 0.262 e. The number of ether oxygens (including phenoxy) is 1. The van der Waals surface area contributed by atoms with Crippen LogP contribution in [0.3, 0.4) is 0 Å². The zero-order chi connectivity index (χ0) is 17.9. The minimum atomic E-state index is -0.149. The quantitative estimate of drug-likeness (QED) is 0.866. The summed E-state index contributed by atoms with van der Waals surface area (Å²) in [5.41, 5.74) is 5.34. The smallest absolute Gasteiger partial charge is 0.262 e. The second kappa shape index (κ2) is 7.08. The van der Waals surface area contributed by atoms with Crippen LogP contribution in [-0.2, 0) is 10.2 Å². The van der Waals surface area contributed by atoms with E-state index in [2.05, 4.69) is 39.1 Å². The van der Waals surface area contributed by atoms with Crippen LogP contribution in [0.15, 0.2) is 36.4 Å². The molecule has 24 heavy (non-hydrogen) atoms. The molecule has 0 heterocycles. The molecule has 2 aromatic carbocycles. The Morgan fingerprint density at radius 2 is 1.79 bits per heavy atom. The Morgan fingerprint density at radius 3 is 2.46 bits per heavy atom. The maximum atomic E-state index is 12.2. The average molecular weight is 325 g/mol. The van der Waals surface area contributed by atoms with Crippen LogP contribution in [0.2, 0.25) is 0 Å². The summed E-state index contributed by atoms with van der Waals surface area (Å²) in [6.07, 6.45) is 0. The van der Waals surface area contributed by atoms with E-state index >= 15 is 0 Å². The van der Waals surface area contributed by atoms with Crippen molar-refractivity contribution in [1.29, 1.82) is 0 Å². The average Bonchev–Trinajstić information content (AvgIpc) is 2.49. The molecule has 0 bridgehead atoms. The van der Waals surface area contributed by atoms with Crippen molar-refractivity contribution < 1.29 is 9.53 Å². The number of anilines is 1. The lowest BCUT2D eigenvalue weighted by atomic mass is 9.85. The Morgan fingerprint density at radius 1 is 1.08 bits per heavy atom. The number of benzene rings is 2. The molecular formula is C21H27NO2. The van der Waals surface area contributed by atoms with Crippen LogP contribution >= 0.6 is 0 Å². The van der Waals surface area contributed by atoms with Gasteiger partial charge in [0.15, 0.2) is 6.61 Å². The molecule has 2 rings (SSSR count). The first-order valence-electron chi connectivity index (χ1n) is 8.28. The standard InChI is InChI=1S/C21H27NO2/c1-14-10-11-19(17(12-14)21(4,5)6)24-13-20(23)22-18-9-7-8-15(2)16(18)3/h7-12H,13H2,1-6H3,(H,22,23). The van der Waals surface area contributed by atoms with Gasteiger partial charge >= 0.3 is 0 Å². The fourth-order valence-corrected chi connectivity index (χ4v) is 2.57. The van der Waals surface area contributed by atoms with Crippen molar-refractivity contribution >= 4 is 11.6 Å². The normalized spacial score (nSPS) is 11.2. The number of rotatable bonds is 4. The molecule has 0 saturated heterocycles. The first kappa shape index (κ1) is 18.1. The third kappa shape index (κ3) is 4.38. The summed E-state index contributed by atoms with van der Waals surface area (Å²) in [6, 6.07) is 12.0. The van der Waals surface area contributed by atoms with Crippen molar-refractivity contribution in [2.24, 2.45) is 0 Å². The van der Waals surface area contributed by atoms with E-state index in [9.17, 15) is 4.79 Å². The predicted molar refractivity (Wildman–Crippen MR) is 99.9 cm³/mol. The van der Waals surface area contributed by atoms with Gasteiger partial charge < -0.3 is 10.1 Å². The first-order valence-corrected chi connectivity index (χ1v) is 8.28. The molecule has 0 aliphatic carbocycles. The molecular weight excluding hydrogens is 298 g/mol. The van der Waals surface area contributed by atoms with Gasteiger partial charge in [-0.25, -0.2) is 0 Å². The summed E-state index contributed by atoms with van der Waals surface area (Å²) in [5.74, 6) is 0.619. The van der Waals surface area contributed by atoms with Gasteiger partial charge in [-0.2, -0.15) is 0 Å². The van der Waals surface area contributed by atoms with Crippen LogP contribution in [0, 0.1) is 20.8 Å². The van der Waals surface area contributed by atoms with Crippen LogP contribution in [0.1, 0.15) is 43.0 Å². The monoisotopic (exact) mass is 325 g/mol. The second-order valence-corrected chi connectivity index (χ2v) is 7.33. The van der Waals surface area contributed by atoms with Gasteiger partial charge in [-0.05, 0) is 55.0 Å². The van der Waals surface area contributed by atoms with Gasteiger partial charge in [0.05, 0.1) is 0 Å². The van der Waals surface area contributed by atoms with Gasteiger partial charge in [0, 0.05) is 5.69 Å². The van der Waals surface area contributed by atoms with Crippen molar-refractivity contribution in [3.8, 4) is 5.75 Å². The van der Waals surface area contributed by atoms with E-state index in [1.807, 2.05) is 44.2 Å². The Hall–Kier alpha value is -2.29. The highest BCUT2D eigenvalue weighted by atomic mass is 16.5. The lowest BCUT2D eigenvalue weighted by Crippen LogP contribution is -2.22. The number of hydrogen-bond acceptors (Lipinski definition) is 2. The van der Waals surface area contributed by atoms with Gasteiger partial charge in [-0.3, -0.25) is 4.79 Å². The lowest BCUT2D eigenvalue weighted by Gasteiger charge is -2.23. The zero-order valence-corrected chi connectivity index (χ0v) is 15.5. The number of nitrogens with one attached hydrogen (secondary N) is 1. The molecule has 0 fully saturated rings. The molecule has 3 heteroatoms. The summed E-state index contributed by atoms with van der Waals surface area (Å²) in [5, 5.41) is 2.93. The highest BCUT2D eigenvalue weighted by Crippen LogP contribution is 2.32. The third-order valence-corrected chi connectivity index (χ3v) is 4.18. The van der Waals surface area contributed by atoms with Crippen LogP contribution in [0.25, 0.3) is 0 Å².